The van der Waals surface area contributed by atoms with E-state index < -0.39 is 17.5 Å². The van der Waals surface area contributed by atoms with Crippen molar-refractivity contribution in [3.05, 3.63) is 22.5 Å². The Hall–Kier alpha value is -2.11. The summed E-state index contributed by atoms with van der Waals surface area (Å²) in [7, 11) is 0. The number of esters is 1. The minimum atomic E-state index is -1.23. The highest BCUT2D eigenvalue weighted by Gasteiger charge is 2.28. The van der Waals surface area contributed by atoms with Crippen LogP contribution in [0.4, 0.5) is 0 Å². The SMILES string of the molecule is CCCc1c(C(=O)OC(C)(C)C)[nH]c(C=O)c1C(=O)O. The fraction of sp³-hybridized carbons (Fsp3) is 0.500. The van der Waals surface area contributed by atoms with Gasteiger partial charge in [-0.05, 0) is 32.8 Å². The number of nitrogens with one attached hydrogen (secondary N) is 1. The molecule has 1 aromatic heterocycles. The molecular formula is C14H19NO5. The molecule has 1 aromatic rings. The van der Waals surface area contributed by atoms with Gasteiger partial charge in [-0.15, -0.1) is 0 Å². The third kappa shape index (κ3) is 3.46. The smallest absolute Gasteiger partial charge is 0.355 e. The normalized spacial score (nSPS) is 11.2. The van der Waals surface area contributed by atoms with E-state index in [1.807, 2.05) is 6.92 Å². The van der Waals surface area contributed by atoms with Gasteiger partial charge in [0, 0.05) is 0 Å². The molecule has 0 spiro atoms. The van der Waals surface area contributed by atoms with Crippen LogP contribution in [0.3, 0.4) is 0 Å². The lowest BCUT2D eigenvalue weighted by Gasteiger charge is -2.19. The minimum Gasteiger partial charge on any atom is -0.478 e. The van der Waals surface area contributed by atoms with Crippen molar-refractivity contribution >= 4 is 18.2 Å². The summed E-state index contributed by atoms with van der Waals surface area (Å²) in [5, 5.41) is 9.20. The Balaban J connectivity index is 3.35. The second kappa shape index (κ2) is 5.90. The minimum absolute atomic E-state index is 0.0428. The number of carboxylic acid groups (broad SMARTS) is 1. The fourth-order valence-electron chi connectivity index (χ4n) is 1.90. The summed E-state index contributed by atoms with van der Waals surface area (Å²) in [4.78, 5) is 36.9. The van der Waals surface area contributed by atoms with Crippen molar-refractivity contribution in [2.45, 2.75) is 46.1 Å². The van der Waals surface area contributed by atoms with E-state index in [2.05, 4.69) is 4.98 Å². The number of carboxylic acids is 1. The lowest BCUT2D eigenvalue weighted by molar-refractivity contribution is 0.00623. The van der Waals surface area contributed by atoms with Gasteiger partial charge in [0.15, 0.2) is 6.29 Å². The van der Waals surface area contributed by atoms with Crippen LogP contribution >= 0.6 is 0 Å². The maximum atomic E-state index is 12.1. The van der Waals surface area contributed by atoms with Gasteiger partial charge in [-0.1, -0.05) is 13.3 Å². The van der Waals surface area contributed by atoms with Crippen molar-refractivity contribution in [2.75, 3.05) is 0 Å². The van der Waals surface area contributed by atoms with Crippen molar-refractivity contribution in [1.82, 2.24) is 4.98 Å². The number of ether oxygens (including phenoxy) is 1. The van der Waals surface area contributed by atoms with Crippen LogP contribution in [0.15, 0.2) is 0 Å². The highest BCUT2D eigenvalue weighted by molar-refractivity contribution is 6.02. The molecule has 6 heteroatoms. The first-order chi connectivity index (χ1) is 9.21. The first-order valence-electron chi connectivity index (χ1n) is 6.38. The Morgan fingerprint density at radius 2 is 1.95 bits per heavy atom. The third-order valence-electron chi connectivity index (χ3n) is 2.57. The van der Waals surface area contributed by atoms with Crippen LogP contribution in [0.25, 0.3) is 0 Å². The van der Waals surface area contributed by atoms with Gasteiger partial charge in [0.05, 0.1) is 11.3 Å². The van der Waals surface area contributed by atoms with Gasteiger partial charge in [-0.25, -0.2) is 9.59 Å². The molecule has 2 N–H and O–H groups in total. The highest BCUT2D eigenvalue weighted by Crippen LogP contribution is 2.23. The number of aromatic carboxylic acids is 1. The topological polar surface area (TPSA) is 96.5 Å². The van der Waals surface area contributed by atoms with E-state index in [0.29, 0.717) is 24.7 Å². The second-order valence-corrected chi connectivity index (χ2v) is 5.44. The van der Waals surface area contributed by atoms with E-state index >= 15 is 0 Å². The first-order valence-corrected chi connectivity index (χ1v) is 6.38. The zero-order valence-corrected chi connectivity index (χ0v) is 12.1. The summed E-state index contributed by atoms with van der Waals surface area (Å²) in [6.45, 7) is 7.00. The van der Waals surface area contributed by atoms with Crippen molar-refractivity contribution in [3.63, 3.8) is 0 Å². The number of carbonyl (C=O) groups excluding carboxylic acids is 2. The van der Waals surface area contributed by atoms with Crippen LogP contribution in [-0.4, -0.2) is 33.9 Å². The molecule has 0 saturated carbocycles. The van der Waals surface area contributed by atoms with E-state index in [4.69, 9.17) is 4.74 Å². The van der Waals surface area contributed by atoms with Gasteiger partial charge in [-0.2, -0.15) is 0 Å². The predicted octanol–water partition coefficient (Wildman–Crippen LogP) is 2.43. The van der Waals surface area contributed by atoms with Crippen LogP contribution in [0.2, 0.25) is 0 Å². The number of aromatic amines is 1. The lowest BCUT2D eigenvalue weighted by atomic mass is 10.0. The van der Waals surface area contributed by atoms with Crippen LogP contribution in [0, 0.1) is 0 Å². The van der Waals surface area contributed by atoms with Gasteiger partial charge in [0.2, 0.25) is 0 Å². The summed E-state index contributed by atoms with van der Waals surface area (Å²) in [5.74, 6) is -1.89. The molecular weight excluding hydrogens is 262 g/mol. The van der Waals surface area contributed by atoms with Crippen molar-refractivity contribution in [1.29, 1.82) is 0 Å². The van der Waals surface area contributed by atoms with Gasteiger partial charge in [-0.3, -0.25) is 4.79 Å². The monoisotopic (exact) mass is 281 g/mol. The van der Waals surface area contributed by atoms with E-state index in [0.717, 1.165) is 0 Å². The third-order valence-corrected chi connectivity index (χ3v) is 2.57. The first kappa shape index (κ1) is 15.9. The standard InChI is InChI=1S/C14H19NO5/c1-5-6-8-10(12(17)18)9(7-16)15-11(8)13(19)20-14(2,3)4/h7,15H,5-6H2,1-4H3,(H,17,18). The fourth-order valence-corrected chi connectivity index (χ4v) is 1.90. The Morgan fingerprint density at radius 3 is 2.35 bits per heavy atom. The Morgan fingerprint density at radius 1 is 1.35 bits per heavy atom. The van der Waals surface area contributed by atoms with Gasteiger partial charge in [0.1, 0.15) is 11.3 Å². The zero-order chi connectivity index (χ0) is 15.5. The number of carbonyl (C=O) groups is 3. The molecule has 0 aliphatic heterocycles. The molecule has 6 nitrogen and oxygen atoms in total. The van der Waals surface area contributed by atoms with E-state index in [1.165, 1.54) is 0 Å². The number of H-pyrrole nitrogens is 1. The molecule has 0 fully saturated rings. The molecule has 1 rings (SSSR count). The van der Waals surface area contributed by atoms with E-state index in [1.54, 1.807) is 20.8 Å². The largest absolute Gasteiger partial charge is 0.478 e. The molecule has 0 atom stereocenters. The maximum absolute atomic E-state index is 12.1. The van der Waals surface area contributed by atoms with Crippen molar-refractivity contribution in [2.24, 2.45) is 0 Å². The summed E-state index contributed by atoms with van der Waals surface area (Å²) in [6, 6.07) is 0. The average molecular weight is 281 g/mol. The van der Waals surface area contributed by atoms with Gasteiger partial charge >= 0.3 is 11.9 Å². The quantitative estimate of drug-likeness (QED) is 0.638. The maximum Gasteiger partial charge on any atom is 0.355 e. The molecule has 0 aromatic carbocycles. The molecule has 110 valence electrons. The van der Waals surface area contributed by atoms with Crippen molar-refractivity contribution < 1.29 is 24.2 Å². The van der Waals surface area contributed by atoms with Gasteiger partial charge < -0.3 is 14.8 Å². The Kier molecular flexibility index (Phi) is 4.70. The van der Waals surface area contributed by atoms with E-state index in [-0.39, 0.29) is 17.0 Å². The van der Waals surface area contributed by atoms with Crippen LogP contribution in [0.1, 0.15) is 71.0 Å². The number of hydrogen-bond donors (Lipinski definition) is 2. The molecule has 0 saturated heterocycles. The average Bonchev–Trinajstić information content (AvgIpc) is 2.66. The number of aromatic nitrogens is 1. The van der Waals surface area contributed by atoms with E-state index in [9.17, 15) is 19.5 Å². The molecule has 0 aliphatic rings. The zero-order valence-electron chi connectivity index (χ0n) is 12.1. The molecule has 0 radical (unpaired) electrons. The predicted molar refractivity (Wildman–Crippen MR) is 72.3 cm³/mol. The van der Waals surface area contributed by atoms with Crippen LogP contribution < -0.4 is 0 Å². The molecule has 0 bridgehead atoms. The molecule has 0 unspecified atom stereocenters. The Labute approximate surface area is 117 Å². The number of aldehydes is 1. The summed E-state index contributed by atoms with van der Waals surface area (Å²) >= 11 is 0. The van der Waals surface area contributed by atoms with Crippen molar-refractivity contribution in [3.8, 4) is 0 Å². The number of rotatable bonds is 5. The molecule has 0 aliphatic carbocycles. The molecule has 20 heavy (non-hydrogen) atoms. The highest BCUT2D eigenvalue weighted by atomic mass is 16.6. The number of hydrogen-bond acceptors (Lipinski definition) is 4. The second-order valence-electron chi connectivity index (χ2n) is 5.44. The summed E-state index contributed by atoms with van der Waals surface area (Å²) < 4.78 is 5.22. The van der Waals surface area contributed by atoms with Gasteiger partial charge in [0.25, 0.3) is 0 Å². The lowest BCUT2D eigenvalue weighted by Crippen LogP contribution is -2.24. The van der Waals surface area contributed by atoms with Crippen LogP contribution in [0.5, 0.6) is 0 Å². The summed E-state index contributed by atoms with van der Waals surface area (Å²) in [5.41, 5.74) is -0.599. The van der Waals surface area contributed by atoms with Crippen LogP contribution in [-0.2, 0) is 11.2 Å². The summed E-state index contributed by atoms with van der Waals surface area (Å²) in [6.07, 6.45) is 1.42. The molecule has 0 amide bonds. The molecule has 1 heterocycles. The Bertz CT molecular complexity index is 536.